The fourth-order valence-electron chi connectivity index (χ4n) is 2.60. The fourth-order valence-corrected chi connectivity index (χ4v) is 2.73. The summed E-state index contributed by atoms with van der Waals surface area (Å²) in [6.45, 7) is 1.85. The van der Waals surface area contributed by atoms with Crippen molar-refractivity contribution >= 4 is 46.5 Å². The van der Waals surface area contributed by atoms with Gasteiger partial charge in [-0.2, -0.15) is 0 Å². The number of aromatic nitrogens is 2. The van der Waals surface area contributed by atoms with Gasteiger partial charge in [0.2, 0.25) is 0 Å². The molecule has 3 aromatic rings. The van der Waals surface area contributed by atoms with Gasteiger partial charge in [0.25, 0.3) is 5.91 Å². The molecule has 0 aliphatic heterocycles. The van der Waals surface area contributed by atoms with E-state index in [1.807, 2.05) is 6.92 Å². The summed E-state index contributed by atoms with van der Waals surface area (Å²) in [6, 6.07) is 13.2. The second kappa shape index (κ2) is 9.23. The minimum atomic E-state index is -0.394. The molecule has 0 fully saturated rings. The quantitative estimate of drug-likeness (QED) is 0.563. The van der Waals surface area contributed by atoms with Crippen molar-refractivity contribution in [1.82, 2.24) is 9.97 Å². The summed E-state index contributed by atoms with van der Waals surface area (Å²) in [5.41, 5.74) is 2.38. The number of rotatable bonds is 5. The first-order chi connectivity index (χ1) is 14.4. The first kappa shape index (κ1) is 21.1. The van der Waals surface area contributed by atoms with Crippen molar-refractivity contribution in [2.45, 2.75) is 6.92 Å². The second-order valence-electron chi connectivity index (χ2n) is 6.49. The topological polar surface area (TPSA) is 99.2 Å². The largest absolute Gasteiger partial charge is 0.373 e. The van der Waals surface area contributed by atoms with Gasteiger partial charge in [-0.3, -0.25) is 9.69 Å². The van der Waals surface area contributed by atoms with Gasteiger partial charge in [-0.05, 0) is 48.9 Å². The van der Waals surface area contributed by atoms with E-state index in [0.717, 1.165) is 5.56 Å². The molecule has 154 valence electrons. The van der Waals surface area contributed by atoms with Crippen LogP contribution in [-0.4, -0.2) is 36.0 Å². The van der Waals surface area contributed by atoms with Crippen LogP contribution in [0.25, 0.3) is 0 Å². The van der Waals surface area contributed by atoms with Crippen molar-refractivity contribution < 1.29 is 9.59 Å². The van der Waals surface area contributed by atoms with E-state index in [9.17, 15) is 9.59 Å². The van der Waals surface area contributed by atoms with E-state index in [1.165, 1.54) is 11.2 Å². The van der Waals surface area contributed by atoms with Gasteiger partial charge in [0.15, 0.2) is 0 Å². The average molecular weight is 425 g/mol. The predicted octanol–water partition coefficient (Wildman–Crippen LogP) is 4.40. The van der Waals surface area contributed by atoms with E-state index in [-0.39, 0.29) is 5.91 Å². The lowest BCUT2D eigenvalue weighted by Gasteiger charge is -2.18. The molecule has 9 heteroatoms. The van der Waals surface area contributed by atoms with Crippen LogP contribution in [-0.2, 0) is 0 Å². The van der Waals surface area contributed by atoms with Crippen molar-refractivity contribution in [2.75, 3.05) is 34.9 Å². The molecule has 0 spiro atoms. The number of urea groups is 1. The van der Waals surface area contributed by atoms with Gasteiger partial charge in [-0.1, -0.05) is 17.7 Å². The zero-order chi connectivity index (χ0) is 21.7. The molecule has 0 saturated heterocycles. The Hall–Kier alpha value is -3.65. The molecule has 0 atom stereocenters. The van der Waals surface area contributed by atoms with Crippen LogP contribution in [0.3, 0.4) is 0 Å². The van der Waals surface area contributed by atoms with E-state index in [4.69, 9.17) is 11.6 Å². The SMILES string of the molecule is CNc1cc(N(C)C(=O)Nc2cc(C(=O)Nc3ccc(Cl)cc3)ccc2C)ncn1. The summed E-state index contributed by atoms with van der Waals surface area (Å²) in [6.07, 6.45) is 1.37. The third-order valence-electron chi connectivity index (χ3n) is 4.40. The number of anilines is 4. The zero-order valence-electron chi connectivity index (χ0n) is 16.7. The molecule has 3 N–H and O–H groups in total. The Kier molecular flexibility index (Phi) is 6.48. The Morgan fingerprint density at radius 2 is 1.73 bits per heavy atom. The summed E-state index contributed by atoms with van der Waals surface area (Å²) in [5.74, 6) is 0.730. The van der Waals surface area contributed by atoms with Crippen LogP contribution in [0.1, 0.15) is 15.9 Å². The highest BCUT2D eigenvalue weighted by molar-refractivity contribution is 6.30. The lowest BCUT2D eigenvalue weighted by molar-refractivity contribution is 0.102. The summed E-state index contributed by atoms with van der Waals surface area (Å²) in [7, 11) is 3.33. The molecule has 0 bridgehead atoms. The molecule has 0 aliphatic carbocycles. The fraction of sp³-hybridized carbons (Fsp3) is 0.143. The lowest BCUT2D eigenvalue weighted by Crippen LogP contribution is -2.32. The van der Waals surface area contributed by atoms with Crippen molar-refractivity contribution in [3.8, 4) is 0 Å². The van der Waals surface area contributed by atoms with Crippen molar-refractivity contribution in [3.05, 3.63) is 71.0 Å². The number of nitrogens with zero attached hydrogens (tertiary/aromatic N) is 3. The maximum Gasteiger partial charge on any atom is 0.327 e. The van der Waals surface area contributed by atoms with Gasteiger partial charge in [0.1, 0.15) is 18.0 Å². The van der Waals surface area contributed by atoms with E-state index in [0.29, 0.717) is 33.6 Å². The van der Waals surface area contributed by atoms with Crippen molar-refractivity contribution in [2.24, 2.45) is 0 Å². The maximum absolute atomic E-state index is 12.7. The van der Waals surface area contributed by atoms with Crippen molar-refractivity contribution in [1.29, 1.82) is 0 Å². The molecule has 0 unspecified atom stereocenters. The van der Waals surface area contributed by atoms with Crippen LogP contribution >= 0.6 is 11.6 Å². The number of aryl methyl sites for hydroxylation is 1. The number of carbonyl (C=O) groups excluding carboxylic acids is 2. The molecule has 1 heterocycles. The molecule has 0 saturated carbocycles. The standard InChI is InChI=1S/C21H21ClN6O2/c1-13-4-5-14(20(29)26-16-8-6-15(22)7-9-16)10-17(13)27-21(30)28(3)19-11-18(23-2)24-12-25-19/h4-12H,1-3H3,(H,26,29)(H,27,30)(H,23,24,25). The van der Waals surface area contributed by atoms with Crippen molar-refractivity contribution in [3.63, 3.8) is 0 Å². The molecule has 30 heavy (non-hydrogen) atoms. The molecule has 8 nitrogen and oxygen atoms in total. The normalized spacial score (nSPS) is 10.3. The van der Waals surface area contributed by atoms with Gasteiger partial charge in [-0.25, -0.2) is 14.8 Å². The Labute approximate surface area is 179 Å². The van der Waals surface area contributed by atoms with Crippen LogP contribution in [0.5, 0.6) is 0 Å². The number of carbonyl (C=O) groups is 2. The molecular formula is C21H21ClN6O2. The summed E-state index contributed by atoms with van der Waals surface area (Å²) in [5, 5.41) is 9.11. The smallest absolute Gasteiger partial charge is 0.327 e. The number of benzene rings is 2. The summed E-state index contributed by atoms with van der Waals surface area (Å²) < 4.78 is 0. The molecule has 3 amide bonds. The van der Waals surface area contributed by atoms with Crippen LogP contribution in [0.4, 0.5) is 27.8 Å². The third-order valence-corrected chi connectivity index (χ3v) is 4.65. The number of hydrogen-bond acceptors (Lipinski definition) is 5. The molecule has 1 aromatic heterocycles. The number of amides is 3. The highest BCUT2D eigenvalue weighted by Crippen LogP contribution is 2.21. The Bertz CT molecular complexity index is 1070. The van der Waals surface area contributed by atoms with Gasteiger partial charge in [-0.15, -0.1) is 0 Å². The Morgan fingerprint density at radius 3 is 2.43 bits per heavy atom. The van der Waals surface area contributed by atoms with Crippen LogP contribution in [0.15, 0.2) is 54.9 Å². The van der Waals surface area contributed by atoms with Crippen LogP contribution in [0.2, 0.25) is 5.02 Å². The molecular weight excluding hydrogens is 404 g/mol. The lowest BCUT2D eigenvalue weighted by atomic mass is 10.1. The van der Waals surface area contributed by atoms with E-state index in [2.05, 4.69) is 25.9 Å². The predicted molar refractivity (Wildman–Crippen MR) is 120 cm³/mol. The number of halogens is 1. The van der Waals surface area contributed by atoms with E-state index < -0.39 is 6.03 Å². The molecule has 0 radical (unpaired) electrons. The highest BCUT2D eigenvalue weighted by atomic mass is 35.5. The average Bonchev–Trinajstić information content (AvgIpc) is 2.76. The molecule has 2 aromatic carbocycles. The van der Waals surface area contributed by atoms with E-state index >= 15 is 0 Å². The first-order valence-electron chi connectivity index (χ1n) is 9.09. The summed E-state index contributed by atoms with van der Waals surface area (Å²) >= 11 is 5.87. The van der Waals surface area contributed by atoms with Crippen LogP contribution in [0, 0.1) is 6.92 Å². The Morgan fingerprint density at radius 1 is 1.00 bits per heavy atom. The van der Waals surface area contributed by atoms with Gasteiger partial charge in [0.05, 0.1) is 0 Å². The minimum absolute atomic E-state index is 0.296. The monoisotopic (exact) mass is 424 g/mol. The van der Waals surface area contributed by atoms with E-state index in [1.54, 1.807) is 62.6 Å². The van der Waals surface area contributed by atoms with Crippen LogP contribution < -0.4 is 20.9 Å². The molecule has 0 aliphatic rings. The second-order valence-corrected chi connectivity index (χ2v) is 6.93. The highest BCUT2D eigenvalue weighted by Gasteiger charge is 2.15. The van der Waals surface area contributed by atoms with Gasteiger partial charge in [0, 0.05) is 42.1 Å². The number of hydrogen-bond donors (Lipinski definition) is 3. The summed E-state index contributed by atoms with van der Waals surface area (Å²) in [4.78, 5) is 34.8. The number of nitrogens with one attached hydrogen (secondary N) is 3. The Balaban J connectivity index is 1.75. The van der Waals surface area contributed by atoms with Gasteiger partial charge >= 0.3 is 6.03 Å². The third kappa shape index (κ3) is 5.03. The zero-order valence-corrected chi connectivity index (χ0v) is 17.5. The maximum atomic E-state index is 12.7. The minimum Gasteiger partial charge on any atom is -0.373 e. The molecule has 3 rings (SSSR count). The first-order valence-corrected chi connectivity index (χ1v) is 9.47. The van der Waals surface area contributed by atoms with Gasteiger partial charge < -0.3 is 16.0 Å².